The highest BCUT2D eigenvalue weighted by molar-refractivity contribution is 5.92. The van der Waals surface area contributed by atoms with Crippen LogP contribution in [0.1, 0.15) is 26.2 Å². The zero-order valence-corrected chi connectivity index (χ0v) is 11.5. The second-order valence-corrected chi connectivity index (χ2v) is 4.94. The summed E-state index contributed by atoms with van der Waals surface area (Å²) in [5, 5.41) is 0. The maximum atomic E-state index is 11.9. The van der Waals surface area contributed by atoms with Crippen molar-refractivity contribution in [2.45, 2.75) is 32.5 Å². The SMILES string of the molecule is CCCN1CC(=O)N(CCC2OCCCO2)CC1=O. The van der Waals surface area contributed by atoms with Gasteiger partial charge < -0.3 is 19.3 Å². The second-order valence-electron chi connectivity index (χ2n) is 4.94. The third-order valence-electron chi connectivity index (χ3n) is 3.38. The van der Waals surface area contributed by atoms with Gasteiger partial charge in [-0.05, 0) is 12.8 Å². The Labute approximate surface area is 113 Å². The molecule has 6 nitrogen and oxygen atoms in total. The Morgan fingerprint density at radius 2 is 1.63 bits per heavy atom. The van der Waals surface area contributed by atoms with Crippen LogP contribution in [0.4, 0.5) is 0 Å². The zero-order valence-electron chi connectivity index (χ0n) is 11.5. The van der Waals surface area contributed by atoms with Crippen molar-refractivity contribution >= 4 is 11.8 Å². The van der Waals surface area contributed by atoms with Gasteiger partial charge in [-0.2, -0.15) is 0 Å². The number of nitrogens with zero attached hydrogens (tertiary/aromatic N) is 2. The predicted molar refractivity (Wildman–Crippen MR) is 68.4 cm³/mol. The maximum absolute atomic E-state index is 11.9. The van der Waals surface area contributed by atoms with Gasteiger partial charge in [0.2, 0.25) is 11.8 Å². The summed E-state index contributed by atoms with van der Waals surface area (Å²) in [6, 6.07) is 0. The van der Waals surface area contributed by atoms with Crippen LogP contribution < -0.4 is 0 Å². The van der Waals surface area contributed by atoms with Crippen LogP contribution in [0.25, 0.3) is 0 Å². The molecule has 6 heteroatoms. The molecule has 0 aromatic carbocycles. The van der Waals surface area contributed by atoms with Gasteiger partial charge in [-0.15, -0.1) is 0 Å². The molecule has 2 saturated heterocycles. The molecule has 0 unspecified atom stereocenters. The Bertz CT molecular complexity index is 329. The van der Waals surface area contributed by atoms with Crippen molar-refractivity contribution in [2.75, 3.05) is 39.4 Å². The average molecular weight is 270 g/mol. The molecule has 0 saturated carbocycles. The van der Waals surface area contributed by atoms with E-state index >= 15 is 0 Å². The third kappa shape index (κ3) is 3.91. The van der Waals surface area contributed by atoms with Gasteiger partial charge in [0.1, 0.15) is 0 Å². The lowest BCUT2D eigenvalue weighted by atomic mass is 10.2. The maximum Gasteiger partial charge on any atom is 0.242 e. The largest absolute Gasteiger partial charge is 0.353 e. The molecule has 2 fully saturated rings. The summed E-state index contributed by atoms with van der Waals surface area (Å²) in [6.45, 7) is 5.00. The van der Waals surface area contributed by atoms with Crippen molar-refractivity contribution in [3.8, 4) is 0 Å². The molecular formula is C13H22N2O4. The first-order chi connectivity index (χ1) is 9.20. The van der Waals surface area contributed by atoms with Crippen LogP contribution in [-0.4, -0.2) is 67.3 Å². The van der Waals surface area contributed by atoms with E-state index in [1.165, 1.54) is 0 Å². The van der Waals surface area contributed by atoms with Crippen LogP contribution in [-0.2, 0) is 19.1 Å². The quantitative estimate of drug-likeness (QED) is 0.717. The summed E-state index contributed by atoms with van der Waals surface area (Å²) in [6.07, 6.45) is 2.20. The van der Waals surface area contributed by atoms with E-state index in [-0.39, 0.29) is 31.2 Å². The zero-order chi connectivity index (χ0) is 13.7. The summed E-state index contributed by atoms with van der Waals surface area (Å²) in [5.74, 6) is 0.0517. The first kappa shape index (κ1) is 14.3. The second kappa shape index (κ2) is 6.86. The van der Waals surface area contributed by atoms with E-state index in [9.17, 15) is 9.59 Å². The van der Waals surface area contributed by atoms with Crippen molar-refractivity contribution in [3.05, 3.63) is 0 Å². The van der Waals surface area contributed by atoms with Crippen LogP contribution in [0.5, 0.6) is 0 Å². The van der Waals surface area contributed by atoms with E-state index in [2.05, 4.69) is 0 Å². The van der Waals surface area contributed by atoms with Gasteiger partial charge in [-0.25, -0.2) is 0 Å². The number of hydrogen-bond donors (Lipinski definition) is 0. The minimum atomic E-state index is -0.231. The number of piperazine rings is 1. The van der Waals surface area contributed by atoms with Crippen molar-refractivity contribution in [2.24, 2.45) is 0 Å². The van der Waals surface area contributed by atoms with Crippen LogP contribution in [0, 0.1) is 0 Å². The fourth-order valence-corrected chi connectivity index (χ4v) is 2.34. The normalized spacial score (nSPS) is 22.2. The molecular weight excluding hydrogens is 248 g/mol. The van der Waals surface area contributed by atoms with Crippen molar-refractivity contribution in [1.29, 1.82) is 0 Å². The molecule has 2 rings (SSSR count). The summed E-state index contributed by atoms with van der Waals surface area (Å²) < 4.78 is 10.9. The standard InChI is InChI=1S/C13H22N2O4/c1-2-5-14-9-12(17)15(10-11(14)16)6-4-13-18-7-3-8-19-13/h13H,2-10H2,1H3. The number of rotatable bonds is 5. The van der Waals surface area contributed by atoms with Crippen LogP contribution in [0.15, 0.2) is 0 Å². The van der Waals surface area contributed by atoms with Gasteiger partial charge in [0.25, 0.3) is 0 Å². The lowest BCUT2D eigenvalue weighted by molar-refractivity contribution is -0.184. The molecule has 0 atom stereocenters. The summed E-state index contributed by atoms with van der Waals surface area (Å²) in [4.78, 5) is 27.0. The Morgan fingerprint density at radius 3 is 2.21 bits per heavy atom. The smallest absolute Gasteiger partial charge is 0.242 e. The predicted octanol–water partition coefficient (Wildman–Crippen LogP) is 0.220. The van der Waals surface area contributed by atoms with Crippen molar-refractivity contribution in [1.82, 2.24) is 9.80 Å². The minimum absolute atomic E-state index is 0.0175. The Kier molecular flexibility index (Phi) is 5.15. The lowest BCUT2D eigenvalue weighted by Gasteiger charge is -2.34. The van der Waals surface area contributed by atoms with Crippen LogP contribution >= 0.6 is 0 Å². The van der Waals surface area contributed by atoms with Crippen molar-refractivity contribution < 1.29 is 19.1 Å². The average Bonchev–Trinajstić information content (AvgIpc) is 2.42. The summed E-state index contributed by atoms with van der Waals surface area (Å²) in [7, 11) is 0. The van der Waals surface area contributed by atoms with E-state index in [0.717, 1.165) is 12.8 Å². The molecule has 19 heavy (non-hydrogen) atoms. The van der Waals surface area contributed by atoms with Gasteiger partial charge in [-0.3, -0.25) is 9.59 Å². The monoisotopic (exact) mass is 270 g/mol. The van der Waals surface area contributed by atoms with Crippen LogP contribution in [0.3, 0.4) is 0 Å². The highest BCUT2D eigenvalue weighted by Gasteiger charge is 2.29. The third-order valence-corrected chi connectivity index (χ3v) is 3.38. The number of carbonyl (C=O) groups excluding carboxylic acids is 2. The first-order valence-corrected chi connectivity index (χ1v) is 6.99. The molecule has 2 heterocycles. The number of amides is 2. The van der Waals surface area contributed by atoms with E-state index in [4.69, 9.17) is 9.47 Å². The highest BCUT2D eigenvalue weighted by atomic mass is 16.7. The Hall–Kier alpha value is -1.14. The van der Waals surface area contributed by atoms with E-state index in [0.29, 0.717) is 32.7 Å². The molecule has 0 aliphatic carbocycles. The van der Waals surface area contributed by atoms with Crippen LogP contribution in [0.2, 0.25) is 0 Å². The molecule has 0 aromatic rings. The molecule has 2 aliphatic rings. The number of hydrogen-bond acceptors (Lipinski definition) is 4. The molecule has 0 spiro atoms. The molecule has 0 aromatic heterocycles. The molecule has 0 bridgehead atoms. The lowest BCUT2D eigenvalue weighted by Crippen LogP contribution is -2.54. The first-order valence-electron chi connectivity index (χ1n) is 6.99. The summed E-state index contributed by atoms with van der Waals surface area (Å²) >= 11 is 0. The van der Waals surface area contributed by atoms with E-state index in [1.54, 1.807) is 9.80 Å². The fourth-order valence-electron chi connectivity index (χ4n) is 2.34. The Balaban J connectivity index is 1.77. The van der Waals surface area contributed by atoms with Gasteiger partial charge in [-0.1, -0.05) is 6.92 Å². The fraction of sp³-hybridized carbons (Fsp3) is 0.846. The van der Waals surface area contributed by atoms with Gasteiger partial charge in [0, 0.05) is 19.5 Å². The molecule has 2 aliphatic heterocycles. The molecule has 2 amide bonds. The topological polar surface area (TPSA) is 59.1 Å². The molecule has 0 N–H and O–H groups in total. The van der Waals surface area contributed by atoms with Gasteiger partial charge in [0.05, 0.1) is 26.3 Å². The van der Waals surface area contributed by atoms with Gasteiger partial charge in [0.15, 0.2) is 6.29 Å². The minimum Gasteiger partial charge on any atom is -0.353 e. The molecule has 0 radical (unpaired) electrons. The van der Waals surface area contributed by atoms with Gasteiger partial charge >= 0.3 is 0 Å². The number of ether oxygens (including phenoxy) is 2. The number of carbonyl (C=O) groups is 2. The Morgan fingerprint density at radius 1 is 1.05 bits per heavy atom. The summed E-state index contributed by atoms with van der Waals surface area (Å²) in [5.41, 5.74) is 0. The van der Waals surface area contributed by atoms with E-state index in [1.807, 2.05) is 6.92 Å². The highest BCUT2D eigenvalue weighted by Crippen LogP contribution is 2.12. The van der Waals surface area contributed by atoms with E-state index < -0.39 is 0 Å². The molecule has 108 valence electrons. The van der Waals surface area contributed by atoms with Crippen molar-refractivity contribution in [3.63, 3.8) is 0 Å².